The minimum Gasteiger partial charge on any atom is -0.478 e. The smallest absolute Gasteiger partial charge is 0.337 e. The quantitative estimate of drug-likeness (QED) is 0.684. The van der Waals surface area contributed by atoms with Crippen molar-refractivity contribution in [1.29, 1.82) is 0 Å². The molecule has 0 saturated carbocycles. The van der Waals surface area contributed by atoms with E-state index < -0.39 is 5.97 Å². The van der Waals surface area contributed by atoms with Gasteiger partial charge in [0.1, 0.15) is 5.82 Å². The van der Waals surface area contributed by atoms with Crippen LogP contribution in [0.25, 0.3) is 0 Å². The van der Waals surface area contributed by atoms with Gasteiger partial charge >= 0.3 is 5.97 Å². The van der Waals surface area contributed by atoms with Gasteiger partial charge in [0.25, 0.3) is 0 Å². The highest BCUT2D eigenvalue weighted by Gasteiger charge is 2.14. The lowest BCUT2D eigenvalue weighted by Gasteiger charge is -1.97. The monoisotopic (exact) mass is 182 g/mol. The lowest BCUT2D eigenvalue weighted by molar-refractivity contribution is 0.0696. The largest absolute Gasteiger partial charge is 0.478 e. The van der Waals surface area contributed by atoms with Crippen LogP contribution in [0.3, 0.4) is 0 Å². The summed E-state index contributed by atoms with van der Waals surface area (Å²) in [6, 6.07) is 1.63. The molecule has 4 nitrogen and oxygen atoms in total. The molecule has 2 heterocycles. The molecule has 2 N–H and O–H groups in total. The molecule has 0 radical (unpaired) electrons. The van der Waals surface area contributed by atoms with E-state index in [1.807, 2.05) is 0 Å². The molecule has 0 aromatic carbocycles. The first-order chi connectivity index (χ1) is 5.77. The van der Waals surface area contributed by atoms with Crippen molar-refractivity contribution in [2.45, 2.75) is 4.90 Å². The van der Waals surface area contributed by atoms with Gasteiger partial charge in [0, 0.05) is 6.20 Å². The molecule has 0 spiro atoms. The third kappa shape index (κ3) is 1.12. The number of anilines is 1. The number of nitrogens with zero attached hydrogens (tertiary/aromatic N) is 1. The number of hydrogen-bond acceptors (Lipinski definition) is 4. The van der Waals surface area contributed by atoms with Gasteiger partial charge in [0.05, 0.1) is 16.3 Å². The molecule has 5 heteroatoms. The van der Waals surface area contributed by atoms with Crippen LogP contribution in [0.15, 0.2) is 17.2 Å². The first-order valence-electron chi connectivity index (χ1n) is 3.37. The second-order valence-electron chi connectivity index (χ2n) is 2.34. The molecule has 2 rings (SSSR count). The fourth-order valence-electron chi connectivity index (χ4n) is 0.987. The molecular formula is C7H6N2O2S. The molecular weight excluding hydrogens is 176 g/mol. The molecule has 0 atom stereocenters. The Bertz CT molecular complexity index is 340. The molecule has 0 saturated heterocycles. The SMILES string of the molecule is O=C(O)c1cnc2c(c1)SCN2. The first-order valence-corrected chi connectivity index (χ1v) is 4.36. The van der Waals surface area contributed by atoms with Gasteiger partial charge in [0.2, 0.25) is 0 Å². The first kappa shape index (κ1) is 7.42. The average molecular weight is 182 g/mol. The molecule has 0 aliphatic carbocycles. The van der Waals surface area contributed by atoms with Crippen LogP contribution in [0, 0.1) is 0 Å². The maximum atomic E-state index is 10.5. The Morgan fingerprint density at radius 1 is 1.75 bits per heavy atom. The van der Waals surface area contributed by atoms with E-state index in [9.17, 15) is 4.79 Å². The molecule has 0 amide bonds. The number of thioether (sulfide) groups is 1. The summed E-state index contributed by atoms with van der Waals surface area (Å²) >= 11 is 1.56. The van der Waals surface area contributed by atoms with E-state index in [1.54, 1.807) is 17.8 Å². The summed E-state index contributed by atoms with van der Waals surface area (Å²) in [5, 5.41) is 11.7. The highest BCUT2D eigenvalue weighted by molar-refractivity contribution is 7.99. The van der Waals surface area contributed by atoms with Crippen LogP contribution in [0.5, 0.6) is 0 Å². The fourth-order valence-corrected chi connectivity index (χ4v) is 1.82. The summed E-state index contributed by atoms with van der Waals surface area (Å²) in [4.78, 5) is 15.4. The Morgan fingerprint density at radius 2 is 2.58 bits per heavy atom. The van der Waals surface area contributed by atoms with E-state index in [0.29, 0.717) is 0 Å². The second kappa shape index (κ2) is 2.67. The molecule has 1 aromatic heterocycles. The van der Waals surface area contributed by atoms with Crippen LogP contribution < -0.4 is 5.32 Å². The van der Waals surface area contributed by atoms with Gasteiger partial charge in [-0.1, -0.05) is 0 Å². The molecule has 0 fully saturated rings. The van der Waals surface area contributed by atoms with Crippen molar-refractivity contribution in [3.05, 3.63) is 17.8 Å². The highest BCUT2D eigenvalue weighted by Crippen LogP contribution is 2.31. The summed E-state index contributed by atoms with van der Waals surface area (Å²) in [7, 11) is 0. The average Bonchev–Trinajstić information content (AvgIpc) is 2.49. The predicted molar refractivity (Wildman–Crippen MR) is 45.5 cm³/mol. The number of carboxylic acids is 1. The number of carboxylic acid groups (broad SMARTS) is 1. The Labute approximate surface area is 73.0 Å². The Kier molecular flexibility index (Phi) is 1.65. The summed E-state index contributed by atoms with van der Waals surface area (Å²) < 4.78 is 0. The predicted octanol–water partition coefficient (Wildman–Crippen LogP) is 1.25. The van der Waals surface area contributed by atoms with Crippen LogP contribution >= 0.6 is 11.8 Å². The van der Waals surface area contributed by atoms with Crippen LogP contribution in [-0.4, -0.2) is 21.9 Å². The Hall–Kier alpha value is -1.23. The summed E-state index contributed by atoms with van der Waals surface area (Å²) in [5.74, 6) is 0.619. The standard InChI is InChI=1S/C7H6N2O2S/c10-7(11)4-1-5-6(8-2-4)9-3-12-5/h1-2H,3H2,(H,8,9)(H,10,11). The van der Waals surface area contributed by atoms with Crippen LogP contribution in [-0.2, 0) is 0 Å². The van der Waals surface area contributed by atoms with Crippen LogP contribution in [0.2, 0.25) is 0 Å². The maximum absolute atomic E-state index is 10.5. The van der Waals surface area contributed by atoms with Gasteiger partial charge in [0.15, 0.2) is 0 Å². The molecule has 0 bridgehead atoms. The van der Waals surface area contributed by atoms with Crippen LogP contribution in [0.4, 0.5) is 5.82 Å². The van der Waals surface area contributed by atoms with Crippen molar-refractivity contribution < 1.29 is 9.90 Å². The van der Waals surface area contributed by atoms with Crippen molar-refractivity contribution in [2.75, 3.05) is 11.2 Å². The maximum Gasteiger partial charge on any atom is 0.337 e. The molecule has 1 aromatic rings. The van der Waals surface area contributed by atoms with Crippen molar-refractivity contribution >= 4 is 23.5 Å². The number of rotatable bonds is 1. The second-order valence-corrected chi connectivity index (χ2v) is 3.36. The zero-order chi connectivity index (χ0) is 8.55. The van der Waals surface area contributed by atoms with E-state index >= 15 is 0 Å². The Balaban J connectivity index is 2.45. The zero-order valence-corrected chi connectivity index (χ0v) is 6.89. The molecule has 1 aliphatic heterocycles. The van der Waals surface area contributed by atoms with E-state index in [-0.39, 0.29) is 5.56 Å². The van der Waals surface area contributed by atoms with E-state index in [2.05, 4.69) is 10.3 Å². The molecule has 1 aliphatic rings. The number of carbonyl (C=O) groups is 1. The third-order valence-electron chi connectivity index (χ3n) is 1.57. The summed E-state index contributed by atoms with van der Waals surface area (Å²) in [6.07, 6.45) is 1.36. The van der Waals surface area contributed by atoms with E-state index in [4.69, 9.17) is 5.11 Å². The number of hydrogen-bond donors (Lipinski definition) is 2. The van der Waals surface area contributed by atoms with Gasteiger partial charge in [-0.2, -0.15) is 0 Å². The number of aromatic carboxylic acids is 1. The van der Waals surface area contributed by atoms with E-state index in [1.165, 1.54) is 6.20 Å². The number of nitrogens with one attached hydrogen (secondary N) is 1. The number of fused-ring (bicyclic) bond motifs is 1. The minimum absolute atomic E-state index is 0.241. The lowest BCUT2D eigenvalue weighted by Crippen LogP contribution is -1.98. The fraction of sp³-hybridized carbons (Fsp3) is 0.143. The van der Waals surface area contributed by atoms with Gasteiger partial charge in [-0.05, 0) is 6.07 Å². The molecule has 62 valence electrons. The Morgan fingerprint density at radius 3 is 3.33 bits per heavy atom. The van der Waals surface area contributed by atoms with Gasteiger partial charge < -0.3 is 10.4 Å². The third-order valence-corrected chi connectivity index (χ3v) is 2.48. The normalized spacial score (nSPS) is 13.7. The van der Waals surface area contributed by atoms with Crippen molar-refractivity contribution in [3.8, 4) is 0 Å². The minimum atomic E-state index is -0.933. The highest BCUT2D eigenvalue weighted by atomic mass is 32.2. The lowest BCUT2D eigenvalue weighted by atomic mass is 10.3. The van der Waals surface area contributed by atoms with Gasteiger partial charge in [-0.15, -0.1) is 11.8 Å². The topological polar surface area (TPSA) is 62.2 Å². The van der Waals surface area contributed by atoms with Gasteiger partial charge in [-0.25, -0.2) is 9.78 Å². The van der Waals surface area contributed by atoms with Crippen LogP contribution in [0.1, 0.15) is 10.4 Å². The van der Waals surface area contributed by atoms with E-state index in [0.717, 1.165) is 16.6 Å². The summed E-state index contributed by atoms with van der Waals surface area (Å²) in [5.41, 5.74) is 0.241. The molecule has 0 unspecified atom stereocenters. The number of pyridine rings is 1. The van der Waals surface area contributed by atoms with Crippen molar-refractivity contribution in [1.82, 2.24) is 4.98 Å². The van der Waals surface area contributed by atoms with Crippen molar-refractivity contribution in [3.63, 3.8) is 0 Å². The van der Waals surface area contributed by atoms with Gasteiger partial charge in [-0.3, -0.25) is 0 Å². The number of aromatic nitrogens is 1. The molecule has 12 heavy (non-hydrogen) atoms. The zero-order valence-electron chi connectivity index (χ0n) is 6.07. The van der Waals surface area contributed by atoms with Crippen molar-refractivity contribution in [2.24, 2.45) is 0 Å². The summed E-state index contributed by atoms with van der Waals surface area (Å²) in [6.45, 7) is 0.